The third-order valence-electron chi connectivity index (χ3n) is 5.72. The Morgan fingerprint density at radius 2 is 1.77 bits per heavy atom. The lowest BCUT2D eigenvalue weighted by Crippen LogP contribution is -2.48. The largest absolute Gasteiger partial charge is 0.345 e. The number of hydrogen-bond acceptors (Lipinski definition) is 4. The normalized spacial score (nSPS) is 14.8. The van der Waals surface area contributed by atoms with Crippen molar-refractivity contribution in [2.45, 2.75) is 6.54 Å². The Balaban J connectivity index is 1.43. The van der Waals surface area contributed by atoms with Crippen LogP contribution in [-0.4, -0.2) is 76.3 Å². The number of amides is 2. The molecule has 1 fully saturated rings. The Morgan fingerprint density at radius 3 is 2.45 bits per heavy atom. The zero-order valence-electron chi connectivity index (χ0n) is 18.0. The average Bonchev–Trinajstić information content (AvgIpc) is 3.07. The molecule has 0 bridgehead atoms. The molecule has 2 heterocycles. The van der Waals surface area contributed by atoms with Crippen LogP contribution in [0.5, 0.6) is 0 Å². The lowest BCUT2D eigenvalue weighted by molar-refractivity contribution is 0.0624. The Morgan fingerprint density at radius 1 is 1.03 bits per heavy atom. The van der Waals surface area contributed by atoms with Crippen molar-refractivity contribution in [2.75, 3.05) is 40.3 Å². The van der Waals surface area contributed by atoms with Gasteiger partial charge < -0.3 is 14.4 Å². The van der Waals surface area contributed by atoms with Crippen LogP contribution in [0, 0.1) is 0 Å². The molecule has 0 spiro atoms. The number of halogens is 1. The van der Waals surface area contributed by atoms with Gasteiger partial charge >= 0.3 is 0 Å². The summed E-state index contributed by atoms with van der Waals surface area (Å²) in [5.74, 6) is 0.927. The number of carbonyl (C=O) groups excluding carboxylic acids is 2. The summed E-state index contributed by atoms with van der Waals surface area (Å²) in [6, 6.07) is 12.7. The Hall–Kier alpha value is -2.90. The molecule has 0 unspecified atom stereocenters. The first-order valence-electron chi connectivity index (χ1n) is 10.3. The lowest BCUT2D eigenvalue weighted by Gasteiger charge is -2.34. The van der Waals surface area contributed by atoms with Crippen LogP contribution >= 0.6 is 11.6 Å². The van der Waals surface area contributed by atoms with E-state index >= 15 is 0 Å². The van der Waals surface area contributed by atoms with E-state index in [0.717, 1.165) is 29.9 Å². The van der Waals surface area contributed by atoms with Crippen molar-refractivity contribution < 1.29 is 9.59 Å². The van der Waals surface area contributed by atoms with Crippen molar-refractivity contribution in [2.24, 2.45) is 7.05 Å². The first-order valence-corrected chi connectivity index (χ1v) is 10.7. The fraction of sp³-hybridized carbons (Fsp3) is 0.348. The highest BCUT2D eigenvalue weighted by Gasteiger charge is 2.23. The summed E-state index contributed by atoms with van der Waals surface area (Å²) < 4.78 is 2.07. The third-order valence-corrected chi connectivity index (χ3v) is 5.96. The molecule has 1 aliphatic heterocycles. The molecular weight excluding hydrogens is 414 g/mol. The van der Waals surface area contributed by atoms with Crippen LogP contribution in [0.15, 0.2) is 42.5 Å². The molecular formula is C23H26ClN5O2. The highest BCUT2D eigenvalue weighted by atomic mass is 35.5. The summed E-state index contributed by atoms with van der Waals surface area (Å²) in [6.45, 7) is 3.58. The van der Waals surface area contributed by atoms with E-state index in [0.29, 0.717) is 35.8 Å². The molecule has 8 heteroatoms. The maximum Gasteiger partial charge on any atom is 0.253 e. The second-order valence-electron chi connectivity index (χ2n) is 8.07. The fourth-order valence-corrected chi connectivity index (χ4v) is 4.09. The van der Waals surface area contributed by atoms with Gasteiger partial charge in [0.15, 0.2) is 0 Å². The smallest absolute Gasteiger partial charge is 0.253 e. The molecule has 1 aromatic heterocycles. The molecule has 0 atom stereocenters. The number of fused-ring (bicyclic) bond motifs is 1. The molecule has 31 heavy (non-hydrogen) atoms. The molecule has 0 aliphatic carbocycles. The predicted octanol–water partition coefficient (Wildman–Crippen LogP) is 2.89. The van der Waals surface area contributed by atoms with E-state index in [-0.39, 0.29) is 11.8 Å². The first kappa shape index (κ1) is 21.3. The van der Waals surface area contributed by atoms with Crippen LogP contribution in [0.1, 0.15) is 26.5 Å². The van der Waals surface area contributed by atoms with Gasteiger partial charge in [-0.1, -0.05) is 17.7 Å². The topological polar surface area (TPSA) is 61.7 Å². The number of aryl methyl sites for hydroxylation is 1. The van der Waals surface area contributed by atoms with Crippen molar-refractivity contribution in [1.29, 1.82) is 0 Å². The van der Waals surface area contributed by atoms with Crippen LogP contribution in [0.25, 0.3) is 11.0 Å². The average molecular weight is 440 g/mol. The number of benzene rings is 2. The maximum absolute atomic E-state index is 12.7. The van der Waals surface area contributed by atoms with Crippen LogP contribution in [-0.2, 0) is 13.6 Å². The minimum absolute atomic E-state index is 0.0166. The van der Waals surface area contributed by atoms with Gasteiger partial charge in [-0.05, 0) is 36.4 Å². The number of hydrogen-bond donors (Lipinski definition) is 0. The van der Waals surface area contributed by atoms with Gasteiger partial charge in [0.25, 0.3) is 11.8 Å². The van der Waals surface area contributed by atoms with Gasteiger partial charge in [0.2, 0.25) is 0 Å². The van der Waals surface area contributed by atoms with E-state index in [2.05, 4.69) is 9.47 Å². The molecule has 3 aromatic rings. The highest BCUT2D eigenvalue weighted by molar-refractivity contribution is 6.30. The van der Waals surface area contributed by atoms with E-state index in [1.54, 1.807) is 43.3 Å². The zero-order chi connectivity index (χ0) is 22.1. The molecule has 162 valence electrons. The van der Waals surface area contributed by atoms with Gasteiger partial charge in [0.05, 0.1) is 17.6 Å². The second-order valence-corrected chi connectivity index (χ2v) is 8.51. The van der Waals surface area contributed by atoms with Crippen molar-refractivity contribution in [1.82, 2.24) is 24.3 Å². The molecule has 2 amide bonds. The van der Waals surface area contributed by atoms with Gasteiger partial charge in [-0.25, -0.2) is 4.98 Å². The molecule has 1 aliphatic rings. The summed E-state index contributed by atoms with van der Waals surface area (Å²) in [5.41, 5.74) is 3.08. The number of rotatable bonds is 4. The van der Waals surface area contributed by atoms with E-state index in [4.69, 9.17) is 16.6 Å². The number of nitrogens with zero attached hydrogens (tertiary/aromatic N) is 5. The van der Waals surface area contributed by atoms with Crippen molar-refractivity contribution in [3.8, 4) is 0 Å². The Bertz CT molecular complexity index is 1130. The number of piperazine rings is 1. The van der Waals surface area contributed by atoms with Crippen LogP contribution in [0.2, 0.25) is 5.02 Å². The van der Waals surface area contributed by atoms with Gasteiger partial charge in [-0.3, -0.25) is 14.5 Å². The molecule has 0 saturated carbocycles. The van der Waals surface area contributed by atoms with E-state index in [1.807, 2.05) is 30.1 Å². The molecule has 7 nitrogen and oxygen atoms in total. The lowest BCUT2D eigenvalue weighted by atomic mass is 10.2. The molecule has 2 aromatic carbocycles. The Labute approximate surface area is 186 Å². The van der Waals surface area contributed by atoms with Crippen LogP contribution in [0.4, 0.5) is 0 Å². The van der Waals surface area contributed by atoms with Crippen molar-refractivity contribution in [3.63, 3.8) is 0 Å². The summed E-state index contributed by atoms with van der Waals surface area (Å²) in [5, 5.41) is 0.571. The van der Waals surface area contributed by atoms with Crippen molar-refractivity contribution >= 4 is 34.4 Å². The monoisotopic (exact) mass is 439 g/mol. The number of carbonyl (C=O) groups is 2. The standard InChI is InChI=1S/C23H26ClN5O2/c1-26(2)22(30)17-7-8-20-19(14-17)25-21(27(20)3)15-28-9-11-29(12-10-28)23(31)16-5-4-6-18(24)13-16/h4-8,13-14H,9-12,15H2,1-3H3. The second kappa shape index (κ2) is 8.69. The molecule has 0 N–H and O–H groups in total. The summed E-state index contributed by atoms with van der Waals surface area (Å²) >= 11 is 6.02. The predicted molar refractivity (Wildman–Crippen MR) is 121 cm³/mol. The van der Waals surface area contributed by atoms with E-state index < -0.39 is 0 Å². The molecule has 4 rings (SSSR count). The number of imidazole rings is 1. The minimum Gasteiger partial charge on any atom is -0.345 e. The van der Waals surface area contributed by atoms with Gasteiger partial charge in [0.1, 0.15) is 5.82 Å². The Kier molecular flexibility index (Phi) is 5.98. The van der Waals surface area contributed by atoms with Gasteiger partial charge in [-0.2, -0.15) is 0 Å². The number of aromatic nitrogens is 2. The van der Waals surface area contributed by atoms with E-state index in [1.165, 1.54) is 0 Å². The highest BCUT2D eigenvalue weighted by Crippen LogP contribution is 2.20. The minimum atomic E-state index is -0.0328. The third kappa shape index (κ3) is 4.43. The van der Waals surface area contributed by atoms with Crippen molar-refractivity contribution in [3.05, 3.63) is 64.4 Å². The fourth-order valence-electron chi connectivity index (χ4n) is 3.90. The summed E-state index contributed by atoms with van der Waals surface area (Å²) in [6.07, 6.45) is 0. The van der Waals surface area contributed by atoms with Gasteiger partial charge in [0, 0.05) is 63.5 Å². The van der Waals surface area contributed by atoms with Crippen LogP contribution < -0.4 is 0 Å². The maximum atomic E-state index is 12.7. The first-order chi connectivity index (χ1) is 14.8. The quantitative estimate of drug-likeness (QED) is 0.627. The zero-order valence-corrected chi connectivity index (χ0v) is 18.8. The van der Waals surface area contributed by atoms with E-state index in [9.17, 15) is 9.59 Å². The van der Waals surface area contributed by atoms with Crippen LogP contribution in [0.3, 0.4) is 0 Å². The molecule has 0 radical (unpaired) electrons. The SMILES string of the molecule is CN(C)C(=O)c1ccc2c(c1)nc(CN1CCN(C(=O)c3cccc(Cl)c3)CC1)n2C. The summed E-state index contributed by atoms with van der Waals surface area (Å²) in [7, 11) is 5.48. The molecule has 1 saturated heterocycles. The summed E-state index contributed by atoms with van der Waals surface area (Å²) in [4.78, 5) is 35.5. The van der Waals surface area contributed by atoms with Gasteiger partial charge in [-0.15, -0.1) is 0 Å².